The third kappa shape index (κ3) is 3.62. The summed E-state index contributed by atoms with van der Waals surface area (Å²) in [5, 5.41) is 51.9. The minimum Gasteiger partial charge on any atom is -0.480 e. The molecule has 11 nitrogen and oxygen atoms in total. The highest BCUT2D eigenvalue weighted by molar-refractivity contribution is 6.01. The highest BCUT2D eigenvalue weighted by Crippen LogP contribution is 2.45. The average Bonchev–Trinajstić information content (AvgIpc) is 3.28. The zero-order valence-corrected chi connectivity index (χ0v) is 19.7. The first-order chi connectivity index (χ1) is 17.8. The number of benzene rings is 1. The van der Waals surface area contributed by atoms with E-state index in [-0.39, 0.29) is 11.5 Å². The minimum absolute atomic E-state index is 0.00867. The van der Waals surface area contributed by atoms with Gasteiger partial charge in [-0.2, -0.15) is 0 Å². The number of carbonyl (C=O) groups excluding carboxylic acids is 1. The molecule has 0 saturated carbocycles. The predicted octanol–water partition coefficient (Wildman–Crippen LogP) is 0.278. The summed E-state index contributed by atoms with van der Waals surface area (Å²) in [5.41, 5.74) is 3.46. The molecule has 8 atom stereocenters. The number of carbonyl (C=O) groups is 1. The van der Waals surface area contributed by atoms with Crippen LogP contribution in [0.2, 0.25) is 0 Å². The third-order valence-electron chi connectivity index (χ3n) is 7.65. The van der Waals surface area contributed by atoms with Crippen LogP contribution in [0.1, 0.15) is 17.3 Å². The lowest BCUT2D eigenvalue weighted by molar-refractivity contribution is -0.340. The van der Waals surface area contributed by atoms with Crippen molar-refractivity contribution in [3.63, 3.8) is 0 Å². The highest BCUT2D eigenvalue weighted by atomic mass is 16.8. The van der Waals surface area contributed by atoms with E-state index >= 15 is 0 Å². The van der Waals surface area contributed by atoms with Gasteiger partial charge in [-0.3, -0.25) is 4.79 Å². The monoisotopic (exact) mass is 512 g/mol. The Morgan fingerprint density at radius 3 is 2.70 bits per heavy atom. The molecule has 2 aromatic rings. The van der Waals surface area contributed by atoms with Gasteiger partial charge in [-0.05, 0) is 23.6 Å². The van der Waals surface area contributed by atoms with E-state index in [1.165, 1.54) is 6.08 Å². The molecule has 6 rings (SSSR count). The Hall–Kier alpha value is -3.19. The lowest BCUT2D eigenvalue weighted by atomic mass is 9.82. The second-order valence-corrected chi connectivity index (χ2v) is 9.64. The molecule has 0 aliphatic carbocycles. The first-order valence-corrected chi connectivity index (χ1v) is 12.1. The summed E-state index contributed by atoms with van der Waals surface area (Å²) in [6.07, 6.45) is -4.78. The van der Waals surface area contributed by atoms with E-state index in [1.807, 2.05) is 30.3 Å². The number of nitrogens with zero attached hydrogens (tertiary/aromatic N) is 1. The van der Waals surface area contributed by atoms with Crippen molar-refractivity contribution < 1.29 is 44.5 Å². The summed E-state index contributed by atoms with van der Waals surface area (Å²) in [6.45, 7) is 3.69. The molecular weight excluding hydrogens is 484 g/mol. The Labute approximate surface area is 211 Å². The van der Waals surface area contributed by atoms with Crippen molar-refractivity contribution in [2.75, 3.05) is 13.2 Å². The van der Waals surface area contributed by atoms with Gasteiger partial charge in [0.2, 0.25) is 6.29 Å². The number of rotatable bonds is 4. The van der Waals surface area contributed by atoms with Crippen LogP contribution in [0.3, 0.4) is 0 Å². The molecule has 4 aliphatic heterocycles. The molecule has 6 N–H and O–H groups in total. The summed E-state index contributed by atoms with van der Waals surface area (Å²) >= 11 is 0. The Bertz CT molecular complexity index is 1310. The smallest absolute Gasteiger partial charge is 0.292 e. The molecule has 196 valence electrons. The minimum atomic E-state index is -1.66. The molecule has 1 aromatic heterocycles. The zero-order valence-electron chi connectivity index (χ0n) is 19.7. The Morgan fingerprint density at radius 2 is 1.95 bits per heavy atom. The number of ether oxygens (including phenoxy) is 3. The van der Waals surface area contributed by atoms with Crippen LogP contribution in [0.4, 0.5) is 0 Å². The van der Waals surface area contributed by atoms with Gasteiger partial charge in [0.05, 0.1) is 18.6 Å². The second-order valence-electron chi connectivity index (χ2n) is 9.64. The van der Waals surface area contributed by atoms with Gasteiger partial charge < -0.3 is 49.6 Å². The number of aromatic amines is 1. The van der Waals surface area contributed by atoms with Crippen LogP contribution in [0.5, 0.6) is 0 Å². The van der Waals surface area contributed by atoms with Crippen molar-refractivity contribution in [2.24, 2.45) is 5.92 Å². The number of hydrogen-bond donors (Lipinski definition) is 6. The molecule has 4 aliphatic rings. The van der Waals surface area contributed by atoms with Crippen LogP contribution >= 0.6 is 0 Å². The van der Waals surface area contributed by atoms with E-state index < -0.39 is 61.5 Å². The number of aromatic nitrogens is 1. The Kier molecular flexibility index (Phi) is 5.86. The molecule has 1 aromatic carbocycles. The first-order valence-electron chi connectivity index (χ1n) is 12.1. The lowest BCUT2D eigenvalue weighted by Gasteiger charge is -2.44. The van der Waals surface area contributed by atoms with Crippen molar-refractivity contribution in [3.8, 4) is 0 Å². The number of amides is 1. The van der Waals surface area contributed by atoms with Gasteiger partial charge in [0.1, 0.15) is 30.0 Å². The molecule has 0 unspecified atom stereocenters. The lowest BCUT2D eigenvalue weighted by Crippen LogP contribution is -2.60. The molecule has 0 spiro atoms. The topological polar surface area (TPSA) is 165 Å². The molecule has 0 bridgehead atoms. The Morgan fingerprint density at radius 1 is 1.16 bits per heavy atom. The molecule has 0 radical (unpaired) electrons. The normalized spacial score (nSPS) is 35.4. The van der Waals surface area contributed by atoms with Gasteiger partial charge in [-0.1, -0.05) is 30.4 Å². The molecule has 11 heteroatoms. The van der Waals surface area contributed by atoms with E-state index in [1.54, 1.807) is 4.90 Å². The molecule has 1 fully saturated rings. The van der Waals surface area contributed by atoms with Crippen LogP contribution in [0.25, 0.3) is 10.9 Å². The molecular formula is C26H28N2O9. The predicted molar refractivity (Wildman–Crippen MR) is 128 cm³/mol. The first kappa shape index (κ1) is 24.2. The zero-order chi connectivity index (χ0) is 26.0. The average molecular weight is 513 g/mol. The number of aliphatic hydroxyl groups excluding tert-OH is 5. The van der Waals surface area contributed by atoms with Crippen LogP contribution in [0, 0.1) is 5.92 Å². The fraction of sp³-hybridized carbons (Fsp3) is 0.423. The summed E-state index contributed by atoms with van der Waals surface area (Å²) < 4.78 is 16.8. The molecule has 1 saturated heterocycles. The summed E-state index contributed by atoms with van der Waals surface area (Å²) in [6, 6.07) is 7.53. The third-order valence-corrected chi connectivity index (χ3v) is 7.65. The second kappa shape index (κ2) is 8.98. The number of H-pyrrole nitrogens is 1. The van der Waals surface area contributed by atoms with Crippen LogP contribution < -0.4 is 0 Å². The Balaban J connectivity index is 1.37. The number of hydrogen-bond acceptors (Lipinski definition) is 9. The van der Waals surface area contributed by atoms with E-state index in [2.05, 4.69) is 11.6 Å². The molecule has 5 heterocycles. The maximum atomic E-state index is 13.5. The van der Waals surface area contributed by atoms with Crippen LogP contribution in [-0.2, 0) is 25.4 Å². The van der Waals surface area contributed by atoms with Gasteiger partial charge in [0, 0.05) is 23.1 Å². The fourth-order valence-corrected chi connectivity index (χ4v) is 5.74. The summed E-state index contributed by atoms with van der Waals surface area (Å²) in [7, 11) is 0. The van der Waals surface area contributed by atoms with E-state index in [0.29, 0.717) is 18.5 Å². The number of nitrogens with one attached hydrogen (secondary N) is 1. The van der Waals surface area contributed by atoms with Crippen molar-refractivity contribution in [3.05, 3.63) is 71.3 Å². The van der Waals surface area contributed by atoms with Crippen molar-refractivity contribution >= 4 is 16.8 Å². The summed E-state index contributed by atoms with van der Waals surface area (Å²) in [4.78, 5) is 18.7. The summed E-state index contributed by atoms with van der Waals surface area (Å²) in [5.74, 6) is -1.77. The van der Waals surface area contributed by atoms with Crippen molar-refractivity contribution in [1.29, 1.82) is 0 Å². The van der Waals surface area contributed by atoms with Crippen molar-refractivity contribution in [1.82, 2.24) is 9.88 Å². The number of aliphatic hydroxyl groups is 5. The van der Waals surface area contributed by atoms with E-state index in [4.69, 9.17) is 14.2 Å². The number of para-hydroxylation sites is 1. The standard InChI is InChI=1S/C26H28N2O9/c1-2-11-14-9-16-19-13(12-5-3-4-6-15(12)27-19)7-8-28(16)23(33)18(14)24(34)36-25(11)37-26-22(32)21(31)20(30)17(10-29)35-26/h2-6,9,11,16-17,20-22,25-27,29-32,34H,1,7-8,10H2/t11-,16+,17-,20-,21+,22-,25+,26+/m1/s1. The van der Waals surface area contributed by atoms with Gasteiger partial charge in [-0.15, -0.1) is 6.58 Å². The van der Waals surface area contributed by atoms with Gasteiger partial charge in [0.15, 0.2) is 6.29 Å². The van der Waals surface area contributed by atoms with Gasteiger partial charge in [0.25, 0.3) is 11.9 Å². The largest absolute Gasteiger partial charge is 0.480 e. The highest BCUT2D eigenvalue weighted by Gasteiger charge is 2.50. The molecule has 1 amide bonds. The van der Waals surface area contributed by atoms with Crippen molar-refractivity contribution in [2.45, 2.75) is 49.5 Å². The quantitative estimate of drug-likeness (QED) is 0.316. The van der Waals surface area contributed by atoms with Crippen LogP contribution in [0.15, 0.2) is 60.1 Å². The van der Waals surface area contributed by atoms with E-state index in [0.717, 1.165) is 22.2 Å². The fourth-order valence-electron chi connectivity index (χ4n) is 5.74. The maximum Gasteiger partial charge on any atom is 0.292 e. The maximum absolute atomic E-state index is 13.5. The SMILES string of the molecule is C=C[C@@H]1C2=C[C@H]3c4[nH]c5ccccc5c4CCN3C(=O)C2=C(O)O[C@H]1O[C@@H]1O[C@H](CO)[C@@H](O)[C@H](O)[C@H]1O. The van der Waals surface area contributed by atoms with Gasteiger partial charge >= 0.3 is 0 Å². The van der Waals surface area contributed by atoms with E-state index in [9.17, 15) is 30.3 Å². The van der Waals surface area contributed by atoms with Gasteiger partial charge in [-0.25, -0.2) is 0 Å². The van der Waals surface area contributed by atoms with Crippen LogP contribution in [-0.4, -0.2) is 91.5 Å². The molecule has 37 heavy (non-hydrogen) atoms. The number of fused-ring (bicyclic) bond motifs is 6.